The minimum Gasteiger partial charge on any atom is -0.356 e. The second kappa shape index (κ2) is 7.28. The van der Waals surface area contributed by atoms with Gasteiger partial charge in [-0.2, -0.15) is 0 Å². The molecule has 0 radical (unpaired) electrons. The summed E-state index contributed by atoms with van der Waals surface area (Å²) in [7, 11) is 0. The molecular formula is C16H30N2O. The van der Waals surface area contributed by atoms with Gasteiger partial charge < -0.3 is 11.1 Å². The molecule has 110 valence electrons. The molecule has 0 atom stereocenters. The Balaban J connectivity index is 1.59. The van der Waals surface area contributed by atoms with Gasteiger partial charge in [0, 0.05) is 19.0 Å². The van der Waals surface area contributed by atoms with E-state index in [1.54, 1.807) is 0 Å². The molecule has 3 heteroatoms. The van der Waals surface area contributed by atoms with Gasteiger partial charge >= 0.3 is 0 Å². The maximum atomic E-state index is 12.0. The van der Waals surface area contributed by atoms with Gasteiger partial charge in [-0.05, 0) is 56.3 Å². The SMILES string of the molecule is CC1CCC(CNC(=O)CC2CCC(N)CC2)CC1. The van der Waals surface area contributed by atoms with Crippen LogP contribution in [0.15, 0.2) is 0 Å². The monoisotopic (exact) mass is 266 g/mol. The number of nitrogens with one attached hydrogen (secondary N) is 1. The van der Waals surface area contributed by atoms with Crippen molar-refractivity contribution in [2.75, 3.05) is 6.54 Å². The highest BCUT2D eigenvalue weighted by atomic mass is 16.1. The predicted octanol–water partition coefficient (Wildman–Crippen LogP) is 2.84. The van der Waals surface area contributed by atoms with Gasteiger partial charge in [0.2, 0.25) is 5.91 Å². The van der Waals surface area contributed by atoms with Gasteiger partial charge in [0.25, 0.3) is 0 Å². The van der Waals surface area contributed by atoms with Gasteiger partial charge in [-0.1, -0.05) is 19.8 Å². The maximum Gasteiger partial charge on any atom is 0.220 e. The van der Waals surface area contributed by atoms with Crippen LogP contribution in [0, 0.1) is 17.8 Å². The summed E-state index contributed by atoms with van der Waals surface area (Å²) < 4.78 is 0. The highest BCUT2D eigenvalue weighted by molar-refractivity contribution is 5.76. The smallest absolute Gasteiger partial charge is 0.220 e. The molecule has 0 unspecified atom stereocenters. The molecule has 2 aliphatic rings. The predicted molar refractivity (Wildman–Crippen MR) is 78.7 cm³/mol. The third-order valence-corrected chi connectivity index (χ3v) is 5.09. The van der Waals surface area contributed by atoms with E-state index in [2.05, 4.69) is 12.2 Å². The summed E-state index contributed by atoms with van der Waals surface area (Å²) in [4.78, 5) is 12.0. The summed E-state index contributed by atoms with van der Waals surface area (Å²) in [6, 6.07) is 0.378. The van der Waals surface area contributed by atoms with E-state index < -0.39 is 0 Å². The summed E-state index contributed by atoms with van der Waals surface area (Å²) >= 11 is 0. The minimum atomic E-state index is 0.263. The molecule has 0 aromatic rings. The Kier molecular flexibility index (Phi) is 5.68. The zero-order valence-corrected chi connectivity index (χ0v) is 12.4. The van der Waals surface area contributed by atoms with Crippen molar-refractivity contribution in [3.05, 3.63) is 0 Å². The summed E-state index contributed by atoms with van der Waals surface area (Å²) in [5, 5.41) is 3.16. The van der Waals surface area contributed by atoms with Gasteiger partial charge in [0.05, 0.1) is 0 Å². The van der Waals surface area contributed by atoms with Crippen LogP contribution in [0.1, 0.15) is 64.7 Å². The number of amides is 1. The fourth-order valence-corrected chi connectivity index (χ4v) is 3.52. The van der Waals surface area contributed by atoms with Crippen molar-refractivity contribution in [2.24, 2.45) is 23.5 Å². The number of hydrogen-bond donors (Lipinski definition) is 2. The second-order valence-electron chi connectivity index (χ2n) is 6.91. The van der Waals surface area contributed by atoms with Gasteiger partial charge in [0.15, 0.2) is 0 Å². The third kappa shape index (κ3) is 5.13. The molecule has 2 rings (SSSR count). The lowest BCUT2D eigenvalue weighted by atomic mass is 9.82. The molecule has 2 fully saturated rings. The molecule has 2 aliphatic carbocycles. The Hall–Kier alpha value is -0.570. The van der Waals surface area contributed by atoms with Crippen molar-refractivity contribution in [3.63, 3.8) is 0 Å². The van der Waals surface area contributed by atoms with Crippen LogP contribution < -0.4 is 11.1 Å². The lowest BCUT2D eigenvalue weighted by Gasteiger charge is -2.27. The molecule has 2 saturated carbocycles. The van der Waals surface area contributed by atoms with Crippen molar-refractivity contribution < 1.29 is 4.79 Å². The van der Waals surface area contributed by atoms with Crippen LogP contribution in [-0.2, 0) is 4.79 Å². The number of carbonyl (C=O) groups excluding carboxylic acids is 1. The van der Waals surface area contributed by atoms with Crippen molar-refractivity contribution in [2.45, 2.75) is 70.8 Å². The van der Waals surface area contributed by atoms with Gasteiger partial charge in [-0.3, -0.25) is 4.79 Å². The maximum absolute atomic E-state index is 12.0. The van der Waals surface area contributed by atoms with Crippen LogP contribution in [0.5, 0.6) is 0 Å². The molecule has 0 aromatic heterocycles. The van der Waals surface area contributed by atoms with E-state index in [1.807, 2.05) is 0 Å². The molecule has 3 N–H and O–H groups in total. The van der Waals surface area contributed by atoms with E-state index >= 15 is 0 Å². The number of carbonyl (C=O) groups is 1. The number of rotatable bonds is 4. The van der Waals surface area contributed by atoms with E-state index in [9.17, 15) is 4.79 Å². The molecule has 0 aromatic carbocycles. The van der Waals surface area contributed by atoms with Crippen molar-refractivity contribution >= 4 is 5.91 Å². The Bertz CT molecular complexity index is 276. The van der Waals surface area contributed by atoms with Crippen LogP contribution in [0.4, 0.5) is 0 Å². The fraction of sp³-hybridized carbons (Fsp3) is 0.938. The summed E-state index contributed by atoms with van der Waals surface area (Å²) in [5.41, 5.74) is 5.89. The fourth-order valence-electron chi connectivity index (χ4n) is 3.52. The van der Waals surface area contributed by atoms with Crippen molar-refractivity contribution in [3.8, 4) is 0 Å². The van der Waals surface area contributed by atoms with Crippen molar-refractivity contribution in [1.29, 1.82) is 0 Å². The quantitative estimate of drug-likeness (QED) is 0.822. The summed E-state index contributed by atoms with van der Waals surface area (Å²) in [5.74, 6) is 2.45. The topological polar surface area (TPSA) is 55.1 Å². The van der Waals surface area contributed by atoms with Gasteiger partial charge in [-0.15, -0.1) is 0 Å². The molecule has 1 amide bonds. The van der Waals surface area contributed by atoms with Crippen LogP contribution in [0.25, 0.3) is 0 Å². The molecule has 0 bridgehead atoms. The normalized spacial score (nSPS) is 35.9. The largest absolute Gasteiger partial charge is 0.356 e. The molecule has 0 spiro atoms. The minimum absolute atomic E-state index is 0.263. The molecule has 0 heterocycles. The lowest BCUT2D eigenvalue weighted by Crippen LogP contribution is -2.34. The van der Waals surface area contributed by atoms with Gasteiger partial charge in [-0.25, -0.2) is 0 Å². The van der Waals surface area contributed by atoms with Gasteiger partial charge in [0.1, 0.15) is 0 Å². The van der Waals surface area contributed by atoms with Crippen LogP contribution in [-0.4, -0.2) is 18.5 Å². The zero-order valence-electron chi connectivity index (χ0n) is 12.4. The Morgan fingerprint density at radius 2 is 1.58 bits per heavy atom. The molecule has 19 heavy (non-hydrogen) atoms. The highest BCUT2D eigenvalue weighted by Crippen LogP contribution is 2.28. The number of nitrogens with two attached hydrogens (primary N) is 1. The lowest BCUT2D eigenvalue weighted by molar-refractivity contribution is -0.122. The highest BCUT2D eigenvalue weighted by Gasteiger charge is 2.22. The number of hydrogen-bond acceptors (Lipinski definition) is 2. The second-order valence-corrected chi connectivity index (χ2v) is 6.91. The Morgan fingerprint density at radius 1 is 1.00 bits per heavy atom. The van der Waals surface area contributed by atoms with Crippen LogP contribution in [0.3, 0.4) is 0 Å². The van der Waals surface area contributed by atoms with E-state index in [4.69, 9.17) is 5.73 Å². The third-order valence-electron chi connectivity index (χ3n) is 5.09. The first kappa shape index (κ1) is 14.8. The molecular weight excluding hydrogens is 236 g/mol. The summed E-state index contributed by atoms with van der Waals surface area (Å²) in [6.45, 7) is 3.24. The molecule has 0 saturated heterocycles. The average molecular weight is 266 g/mol. The Morgan fingerprint density at radius 3 is 2.21 bits per heavy atom. The van der Waals surface area contributed by atoms with E-state index in [0.29, 0.717) is 12.0 Å². The van der Waals surface area contributed by atoms with E-state index in [-0.39, 0.29) is 5.91 Å². The molecule has 0 aliphatic heterocycles. The standard InChI is InChI=1S/C16H30N2O/c1-12-2-4-14(5-3-12)11-18-16(19)10-13-6-8-15(17)9-7-13/h12-15H,2-11,17H2,1H3,(H,18,19). The average Bonchev–Trinajstić information content (AvgIpc) is 2.41. The molecule has 3 nitrogen and oxygen atoms in total. The van der Waals surface area contributed by atoms with Crippen molar-refractivity contribution in [1.82, 2.24) is 5.32 Å². The van der Waals surface area contributed by atoms with Crippen LogP contribution in [0.2, 0.25) is 0 Å². The first-order chi connectivity index (χ1) is 9.13. The van der Waals surface area contributed by atoms with E-state index in [0.717, 1.165) is 50.5 Å². The zero-order chi connectivity index (χ0) is 13.7. The Labute approximate surface area is 117 Å². The first-order valence-electron chi connectivity index (χ1n) is 8.15. The van der Waals surface area contributed by atoms with Crippen LogP contribution >= 0.6 is 0 Å². The van der Waals surface area contributed by atoms with E-state index in [1.165, 1.54) is 25.7 Å². The summed E-state index contributed by atoms with van der Waals surface area (Å²) in [6.07, 6.45) is 10.4. The first-order valence-corrected chi connectivity index (χ1v) is 8.15.